The molecule has 10 heteroatoms. The zero-order valence-electron chi connectivity index (χ0n) is 15.7. The van der Waals surface area contributed by atoms with Crippen molar-refractivity contribution in [3.05, 3.63) is 24.3 Å². The molecule has 0 radical (unpaired) electrons. The third kappa shape index (κ3) is 3.73. The van der Waals surface area contributed by atoms with Gasteiger partial charge < -0.3 is 14.5 Å². The van der Waals surface area contributed by atoms with Crippen LogP contribution in [0.4, 0.5) is 0 Å². The highest BCUT2D eigenvalue weighted by molar-refractivity contribution is 7.88. The number of imidazole rings is 1. The predicted molar refractivity (Wildman–Crippen MR) is 106 cm³/mol. The highest BCUT2D eigenvalue weighted by Gasteiger charge is 2.26. The summed E-state index contributed by atoms with van der Waals surface area (Å²) in [6.07, 6.45) is 7.13. The van der Waals surface area contributed by atoms with E-state index in [1.165, 1.54) is 0 Å². The zero-order chi connectivity index (χ0) is 19.7. The Balaban J connectivity index is 1.72. The van der Waals surface area contributed by atoms with Crippen molar-refractivity contribution in [2.45, 2.75) is 31.8 Å². The van der Waals surface area contributed by atoms with Gasteiger partial charge in [-0.25, -0.2) is 23.1 Å². The monoisotopic (exact) mass is 401 g/mol. The van der Waals surface area contributed by atoms with Crippen LogP contribution in [0.15, 0.2) is 18.5 Å². The molecule has 1 aliphatic rings. The first kappa shape index (κ1) is 18.9. The average molecular weight is 401 g/mol. The molecule has 0 unspecified atom stereocenters. The van der Waals surface area contributed by atoms with E-state index >= 15 is 0 Å². The Kier molecular flexibility index (Phi) is 5.05. The number of pyridine rings is 1. The van der Waals surface area contributed by atoms with Crippen LogP contribution >= 0.6 is 0 Å². The second-order valence-electron chi connectivity index (χ2n) is 7.20. The molecule has 0 saturated carbocycles. The lowest BCUT2D eigenvalue weighted by molar-refractivity contribution is 0.190. The van der Waals surface area contributed by atoms with Gasteiger partial charge in [-0.2, -0.15) is 5.26 Å². The van der Waals surface area contributed by atoms with E-state index in [0.29, 0.717) is 12.2 Å². The Bertz CT molecular complexity index is 1130. The van der Waals surface area contributed by atoms with E-state index in [4.69, 9.17) is 10.2 Å². The molecule has 0 amide bonds. The minimum Gasteiger partial charge on any atom is -0.346 e. The number of likely N-dealkylation sites (tertiary alicyclic amines) is 1. The van der Waals surface area contributed by atoms with Crippen molar-refractivity contribution in [3.8, 4) is 6.07 Å². The SMILES string of the molecule is CS(=O)(=O)NCc1nc2cnc3[nH]ccc3c2n1C1CCN(CCC#N)CC1. The molecule has 0 aliphatic carbocycles. The topological polar surface area (TPSA) is 120 Å². The fourth-order valence-electron chi connectivity index (χ4n) is 3.96. The molecule has 28 heavy (non-hydrogen) atoms. The number of nitrogens with zero attached hydrogens (tertiary/aromatic N) is 5. The van der Waals surface area contributed by atoms with Crippen molar-refractivity contribution in [2.75, 3.05) is 25.9 Å². The lowest BCUT2D eigenvalue weighted by Gasteiger charge is -2.33. The lowest BCUT2D eigenvalue weighted by atomic mass is 10.0. The summed E-state index contributed by atoms with van der Waals surface area (Å²) < 4.78 is 28.0. The number of hydrogen-bond donors (Lipinski definition) is 2. The minimum absolute atomic E-state index is 0.147. The fourth-order valence-corrected chi connectivity index (χ4v) is 4.35. The van der Waals surface area contributed by atoms with Gasteiger partial charge in [0.05, 0.1) is 30.6 Å². The van der Waals surface area contributed by atoms with Crippen LogP contribution in [0.1, 0.15) is 31.1 Å². The van der Waals surface area contributed by atoms with Crippen molar-refractivity contribution in [1.29, 1.82) is 5.26 Å². The molecule has 0 aromatic carbocycles. The van der Waals surface area contributed by atoms with Crippen LogP contribution in [0.5, 0.6) is 0 Å². The van der Waals surface area contributed by atoms with Crippen LogP contribution in [0.2, 0.25) is 0 Å². The number of aromatic nitrogens is 4. The van der Waals surface area contributed by atoms with Crippen molar-refractivity contribution in [2.24, 2.45) is 0 Å². The fraction of sp³-hybridized carbons (Fsp3) is 0.500. The number of fused-ring (bicyclic) bond motifs is 3. The summed E-state index contributed by atoms with van der Waals surface area (Å²) in [7, 11) is -3.32. The third-order valence-corrected chi connectivity index (χ3v) is 5.93. The van der Waals surface area contributed by atoms with Gasteiger partial charge in [0.1, 0.15) is 17.0 Å². The van der Waals surface area contributed by atoms with Crippen LogP contribution in [-0.2, 0) is 16.6 Å². The summed E-state index contributed by atoms with van der Waals surface area (Å²) in [6.45, 7) is 2.76. The van der Waals surface area contributed by atoms with Gasteiger partial charge in [0.15, 0.2) is 0 Å². The van der Waals surface area contributed by atoms with Gasteiger partial charge in [-0.3, -0.25) is 0 Å². The van der Waals surface area contributed by atoms with Gasteiger partial charge in [-0.05, 0) is 18.9 Å². The number of hydrogen-bond acceptors (Lipinski definition) is 6. The molecular weight excluding hydrogens is 378 g/mol. The van der Waals surface area contributed by atoms with Crippen LogP contribution < -0.4 is 4.72 Å². The molecule has 9 nitrogen and oxygen atoms in total. The van der Waals surface area contributed by atoms with Gasteiger partial charge in [-0.1, -0.05) is 0 Å². The van der Waals surface area contributed by atoms with Crippen LogP contribution in [0.25, 0.3) is 22.1 Å². The van der Waals surface area contributed by atoms with Crippen molar-refractivity contribution in [3.63, 3.8) is 0 Å². The van der Waals surface area contributed by atoms with E-state index in [1.807, 2.05) is 12.3 Å². The molecule has 3 aromatic rings. The molecule has 4 heterocycles. The average Bonchev–Trinajstić information content (AvgIpc) is 3.28. The van der Waals surface area contributed by atoms with Crippen molar-refractivity contribution in [1.82, 2.24) is 29.1 Å². The minimum atomic E-state index is -3.32. The van der Waals surface area contributed by atoms with Gasteiger partial charge >= 0.3 is 0 Å². The number of nitriles is 1. The molecule has 2 N–H and O–H groups in total. The molecule has 3 aromatic heterocycles. The van der Waals surface area contributed by atoms with E-state index < -0.39 is 10.0 Å². The summed E-state index contributed by atoms with van der Waals surface area (Å²) in [5.74, 6) is 0.700. The summed E-state index contributed by atoms with van der Waals surface area (Å²) in [4.78, 5) is 14.5. The maximum atomic E-state index is 11.6. The van der Waals surface area contributed by atoms with Gasteiger partial charge in [0.2, 0.25) is 10.0 Å². The second kappa shape index (κ2) is 7.50. The van der Waals surface area contributed by atoms with Crippen LogP contribution in [0, 0.1) is 11.3 Å². The largest absolute Gasteiger partial charge is 0.346 e. The zero-order valence-corrected chi connectivity index (χ0v) is 16.5. The van der Waals surface area contributed by atoms with Gasteiger partial charge in [0, 0.05) is 43.7 Å². The number of nitrogens with one attached hydrogen (secondary N) is 2. The molecule has 1 fully saturated rings. The molecular formula is C18H23N7O2S. The molecule has 0 atom stereocenters. The first-order chi connectivity index (χ1) is 13.5. The number of piperidine rings is 1. The Labute approximate surface area is 163 Å². The third-order valence-electron chi connectivity index (χ3n) is 5.26. The Morgan fingerprint density at radius 1 is 1.39 bits per heavy atom. The predicted octanol–water partition coefficient (Wildman–Crippen LogP) is 1.51. The number of aromatic amines is 1. The number of sulfonamides is 1. The summed E-state index contributed by atoms with van der Waals surface area (Å²) in [6, 6.07) is 4.41. The molecule has 148 valence electrons. The highest BCUT2D eigenvalue weighted by Crippen LogP contribution is 2.32. The summed E-state index contributed by atoms with van der Waals surface area (Å²) >= 11 is 0. The number of rotatable bonds is 6. The van der Waals surface area contributed by atoms with E-state index in [0.717, 1.165) is 60.8 Å². The molecule has 4 rings (SSSR count). The Hall–Kier alpha value is -2.48. The van der Waals surface area contributed by atoms with Gasteiger partial charge in [-0.15, -0.1) is 0 Å². The van der Waals surface area contributed by atoms with Crippen molar-refractivity contribution < 1.29 is 8.42 Å². The normalized spacial score (nSPS) is 16.7. The number of H-pyrrole nitrogens is 1. The van der Waals surface area contributed by atoms with Crippen LogP contribution in [0.3, 0.4) is 0 Å². The Morgan fingerprint density at radius 3 is 2.89 bits per heavy atom. The quantitative estimate of drug-likeness (QED) is 0.646. The summed E-state index contributed by atoms with van der Waals surface area (Å²) in [5.41, 5.74) is 2.55. The standard InChI is InChI=1S/C18H23N7O2S/c1-28(26,27)22-12-16-23-15-11-21-18-14(3-7-20-18)17(15)25(16)13-4-9-24(10-5-13)8-2-6-19/h3,7,11,13,22H,2,4-5,8-10,12H2,1H3,(H,20,21). The van der Waals surface area contributed by atoms with E-state index in [2.05, 4.69) is 30.2 Å². The van der Waals surface area contributed by atoms with E-state index in [-0.39, 0.29) is 12.6 Å². The van der Waals surface area contributed by atoms with Crippen molar-refractivity contribution >= 4 is 32.1 Å². The smallest absolute Gasteiger partial charge is 0.209 e. The lowest BCUT2D eigenvalue weighted by Crippen LogP contribution is -2.36. The van der Waals surface area contributed by atoms with Gasteiger partial charge in [0.25, 0.3) is 0 Å². The Morgan fingerprint density at radius 2 is 2.18 bits per heavy atom. The first-order valence-corrected chi connectivity index (χ1v) is 11.2. The van der Waals surface area contributed by atoms with Crippen LogP contribution in [-0.4, -0.2) is 58.7 Å². The second-order valence-corrected chi connectivity index (χ2v) is 9.04. The first-order valence-electron chi connectivity index (χ1n) is 9.33. The maximum Gasteiger partial charge on any atom is 0.209 e. The molecule has 0 bridgehead atoms. The van der Waals surface area contributed by atoms with E-state index in [1.54, 1.807) is 6.20 Å². The molecule has 0 spiro atoms. The summed E-state index contributed by atoms with van der Waals surface area (Å²) in [5, 5.41) is 9.79. The molecule has 1 aliphatic heterocycles. The molecule has 1 saturated heterocycles. The highest BCUT2D eigenvalue weighted by atomic mass is 32.2. The van der Waals surface area contributed by atoms with E-state index in [9.17, 15) is 8.42 Å². The maximum absolute atomic E-state index is 11.6.